The van der Waals surface area contributed by atoms with Gasteiger partial charge in [0.15, 0.2) is 0 Å². The number of aromatic nitrogens is 1. The van der Waals surface area contributed by atoms with Crippen LogP contribution >= 0.6 is 0 Å². The molecule has 4 N–H and O–H groups in total. The van der Waals surface area contributed by atoms with Gasteiger partial charge in [-0.15, -0.1) is 0 Å². The van der Waals surface area contributed by atoms with E-state index in [0.717, 1.165) is 18.1 Å². The van der Waals surface area contributed by atoms with Crippen molar-refractivity contribution >= 4 is 11.5 Å². The van der Waals surface area contributed by atoms with Crippen molar-refractivity contribution in [2.24, 2.45) is 5.84 Å². The maximum atomic E-state index is 5.23. The molecule has 0 aliphatic rings. The fourth-order valence-electron chi connectivity index (χ4n) is 1.18. The Morgan fingerprint density at radius 2 is 2.21 bits per heavy atom. The number of hydrazine groups is 1. The zero-order chi connectivity index (χ0) is 10.2. The lowest BCUT2D eigenvalue weighted by Gasteiger charge is -2.05. The summed E-state index contributed by atoms with van der Waals surface area (Å²) in [5.41, 5.74) is 3.36. The molecule has 0 fully saturated rings. The van der Waals surface area contributed by atoms with Gasteiger partial charge in [-0.1, -0.05) is 19.8 Å². The molecule has 4 nitrogen and oxygen atoms in total. The molecule has 0 aromatic carbocycles. The van der Waals surface area contributed by atoms with Crippen LogP contribution in [0, 0.1) is 0 Å². The lowest BCUT2D eigenvalue weighted by molar-refractivity contribution is 0.742. The van der Waals surface area contributed by atoms with Gasteiger partial charge in [-0.2, -0.15) is 0 Å². The van der Waals surface area contributed by atoms with Gasteiger partial charge in [-0.3, -0.25) is 5.84 Å². The normalized spacial score (nSPS) is 9.86. The van der Waals surface area contributed by atoms with E-state index in [-0.39, 0.29) is 0 Å². The molecule has 0 radical (unpaired) electrons. The van der Waals surface area contributed by atoms with E-state index in [2.05, 4.69) is 22.7 Å². The van der Waals surface area contributed by atoms with Crippen LogP contribution in [-0.4, -0.2) is 11.5 Å². The molecule has 1 aromatic rings. The van der Waals surface area contributed by atoms with Gasteiger partial charge in [-0.05, 0) is 18.6 Å². The molecule has 0 aliphatic heterocycles. The second-order valence-corrected chi connectivity index (χ2v) is 3.21. The topological polar surface area (TPSA) is 63.0 Å². The standard InChI is InChI=1S/C10H18N4/c1-2-3-4-7-12-10-6-5-9(14-11)8-13-10/h5-6,8,14H,2-4,7,11H2,1H3,(H,12,13). The Bertz CT molecular complexity index is 245. The van der Waals surface area contributed by atoms with Crippen LogP contribution in [0.1, 0.15) is 26.2 Å². The Labute approximate surface area is 84.9 Å². The summed E-state index contributed by atoms with van der Waals surface area (Å²) in [7, 11) is 0. The molecule has 0 saturated heterocycles. The molecule has 0 amide bonds. The van der Waals surface area contributed by atoms with E-state index < -0.39 is 0 Å². The summed E-state index contributed by atoms with van der Waals surface area (Å²) in [6.07, 6.45) is 5.40. The van der Waals surface area contributed by atoms with Crippen LogP contribution in [0.15, 0.2) is 18.3 Å². The molecule has 0 spiro atoms. The molecular formula is C10H18N4. The van der Waals surface area contributed by atoms with E-state index in [4.69, 9.17) is 5.84 Å². The minimum atomic E-state index is 0.823. The average molecular weight is 194 g/mol. The Hall–Kier alpha value is -1.29. The van der Waals surface area contributed by atoms with Crippen molar-refractivity contribution in [3.63, 3.8) is 0 Å². The molecule has 1 aromatic heterocycles. The highest BCUT2D eigenvalue weighted by Gasteiger charge is 1.93. The SMILES string of the molecule is CCCCCNc1ccc(NN)cn1. The lowest BCUT2D eigenvalue weighted by atomic mass is 10.2. The highest BCUT2D eigenvalue weighted by atomic mass is 15.2. The number of anilines is 2. The van der Waals surface area contributed by atoms with Gasteiger partial charge in [0.1, 0.15) is 5.82 Å². The first kappa shape index (κ1) is 10.8. The number of nitrogens with two attached hydrogens (primary N) is 1. The second kappa shape index (κ2) is 6.21. The van der Waals surface area contributed by atoms with Crippen molar-refractivity contribution in [1.29, 1.82) is 0 Å². The molecule has 0 saturated carbocycles. The van der Waals surface area contributed by atoms with Crippen LogP contribution in [0.4, 0.5) is 11.5 Å². The maximum absolute atomic E-state index is 5.23. The molecule has 0 unspecified atom stereocenters. The third-order valence-corrected chi connectivity index (χ3v) is 2.02. The fraction of sp³-hybridized carbons (Fsp3) is 0.500. The van der Waals surface area contributed by atoms with E-state index in [9.17, 15) is 0 Å². The fourth-order valence-corrected chi connectivity index (χ4v) is 1.18. The van der Waals surface area contributed by atoms with Crippen LogP contribution in [0.2, 0.25) is 0 Å². The highest BCUT2D eigenvalue weighted by Crippen LogP contribution is 2.08. The van der Waals surface area contributed by atoms with Crippen molar-refractivity contribution in [1.82, 2.24) is 4.98 Å². The Morgan fingerprint density at radius 1 is 1.36 bits per heavy atom. The van der Waals surface area contributed by atoms with Crippen molar-refractivity contribution in [3.05, 3.63) is 18.3 Å². The summed E-state index contributed by atoms with van der Waals surface area (Å²) in [5.74, 6) is 6.13. The first-order valence-corrected chi connectivity index (χ1v) is 5.03. The van der Waals surface area contributed by atoms with Gasteiger partial charge < -0.3 is 10.7 Å². The van der Waals surface area contributed by atoms with Gasteiger partial charge in [0.2, 0.25) is 0 Å². The van der Waals surface area contributed by atoms with E-state index in [0.29, 0.717) is 0 Å². The monoisotopic (exact) mass is 194 g/mol. The molecule has 1 heterocycles. The van der Waals surface area contributed by atoms with Gasteiger partial charge >= 0.3 is 0 Å². The van der Waals surface area contributed by atoms with Crippen LogP contribution in [-0.2, 0) is 0 Å². The number of nitrogens with one attached hydrogen (secondary N) is 2. The number of rotatable bonds is 6. The smallest absolute Gasteiger partial charge is 0.126 e. The second-order valence-electron chi connectivity index (χ2n) is 3.21. The average Bonchev–Trinajstić information content (AvgIpc) is 2.25. The first-order valence-electron chi connectivity index (χ1n) is 5.03. The summed E-state index contributed by atoms with van der Waals surface area (Å²) in [4.78, 5) is 4.19. The highest BCUT2D eigenvalue weighted by molar-refractivity contribution is 5.46. The Morgan fingerprint density at radius 3 is 2.79 bits per heavy atom. The number of hydrogen-bond acceptors (Lipinski definition) is 4. The van der Waals surface area contributed by atoms with Crippen LogP contribution in [0.5, 0.6) is 0 Å². The maximum Gasteiger partial charge on any atom is 0.126 e. The third-order valence-electron chi connectivity index (χ3n) is 2.02. The van der Waals surface area contributed by atoms with Gasteiger partial charge in [-0.25, -0.2) is 4.98 Å². The van der Waals surface area contributed by atoms with Crippen molar-refractivity contribution < 1.29 is 0 Å². The van der Waals surface area contributed by atoms with Crippen LogP contribution < -0.4 is 16.6 Å². The number of pyridine rings is 1. The van der Waals surface area contributed by atoms with Crippen molar-refractivity contribution in [2.45, 2.75) is 26.2 Å². The van der Waals surface area contributed by atoms with Crippen molar-refractivity contribution in [2.75, 3.05) is 17.3 Å². The van der Waals surface area contributed by atoms with E-state index in [1.54, 1.807) is 6.20 Å². The zero-order valence-electron chi connectivity index (χ0n) is 8.59. The zero-order valence-corrected chi connectivity index (χ0v) is 8.59. The van der Waals surface area contributed by atoms with E-state index >= 15 is 0 Å². The quantitative estimate of drug-likeness (QED) is 0.368. The molecule has 4 heteroatoms. The van der Waals surface area contributed by atoms with Gasteiger partial charge in [0.25, 0.3) is 0 Å². The van der Waals surface area contributed by atoms with E-state index in [1.807, 2.05) is 12.1 Å². The molecule has 0 aliphatic carbocycles. The molecule has 78 valence electrons. The molecular weight excluding hydrogens is 176 g/mol. The predicted molar refractivity (Wildman–Crippen MR) is 60.1 cm³/mol. The van der Waals surface area contributed by atoms with Crippen molar-refractivity contribution in [3.8, 4) is 0 Å². The summed E-state index contributed by atoms with van der Waals surface area (Å²) in [6, 6.07) is 3.82. The Balaban J connectivity index is 2.29. The largest absolute Gasteiger partial charge is 0.370 e. The molecule has 1 rings (SSSR count). The van der Waals surface area contributed by atoms with Gasteiger partial charge in [0.05, 0.1) is 11.9 Å². The van der Waals surface area contributed by atoms with Crippen LogP contribution in [0.25, 0.3) is 0 Å². The lowest BCUT2D eigenvalue weighted by Crippen LogP contribution is -2.08. The summed E-state index contributed by atoms with van der Waals surface area (Å²) >= 11 is 0. The number of nitrogen functional groups attached to an aromatic ring is 1. The van der Waals surface area contributed by atoms with E-state index in [1.165, 1.54) is 19.3 Å². The minimum Gasteiger partial charge on any atom is -0.370 e. The Kier molecular flexibility index (Phi) is 4.78. The molecule has 14 heavy (non-hydrogen) atoms. The molecule has 0 bridgehead atoms. The number of unbranched alkanes of at least 4 members (excludes halogenated alkanes) is 2. The van der Waals surface area contributed by atoms with Crippen LogP contribution in [0.3, 0.4) is 0 Å². The third kappa shape index (κ3) is 3.62. The predicted octanol–water partition coefficient (Wildman–Crippen LogP) is 1.97. The number of hydrogen-bond donors (Lipinski definition) is 3. The minimum absolute atomic E-state index is 0.823. The summed E-state index contributed by atoms with van der Waals surface area (Å²) in [5, 5.41) is 3.25. The summed E-state index contributed by atoms with van der Waals surface area (Å²) < 4.78 is 0. The number of nitrogens with zero attached hydrogens (tertiary/aromatic N) is 1. The first-order chi connectivity index (χ1) is 6.86. The van der Waals surface area contributed by atoms with Gasteiger partial charge in [0, 0.05) is 6.54 Å². The molecule has 0 atom stereocenters. The summed E-state index contributed by atoms with van der Waals surface area (Å²) in [6.45, 7) is 3.18.